The van der Waals surface area contributed by atoms with E-state index < -0.39 is 66.2 Å². The Hall–Kier alpha value is -2.69. The Labute approximate surface area is 215 Å². The van der Waals surface area contributed by atoms with Crippen LogP contribution in [0.1, 0.15) is 73.9 Å². The summed E-state index contributed by atoms with van der Waals surface area (Å²) < 4.78 is 109. The second-order valence-electron chi connectivity index (χ2n) is 10.1. The van der Waals surface area contributed by atoms with Crippen LogP contribution >= 0.6 is 0 Å². The highest BCUT2D eigenvalue weighted by Crippen LogP contribution is 2.51. The van der Waals surface area contributed by atoms with Crippen molar-refractivity contribution in [3.8, 4) is 0 Å². The minimum absolute atomic E-state index is 0.0880. The molecule has 0 amide bonds. The van der Waals surface area contributed by atoms with Crippen molar-refractivity contribution >= 4 is 5.97 Å². The largest absolute Gasteiger partial charge is 0.481 e. The van der Waals surface area contributed by atoms with Crippen molar-refractivity contribution in [2.45, 2.75) is 69.9 Å². The van der Waals surface area contributed by atoms with Crippen molar-refractivity contribution in [2.75, 3.05) is 6.54 Å². The van der Waals surface area contributed by atoms with E-state index in [0.717, 1.165) is 36.4 Å². The maximum absolute atomic E-state index is 15.2. The molecular formula is C27H29F8NO2. The van der Waals surface area contributed by atoms with Crippen molar-refractivity contribution in [1.82, 2.24) is 4.90 Å². The van der Waals surface area contributed by atoms with Gasteiger partial charge < -0.3 is 5.11 Å². The minimum atomic E-state index is -4.66. The summed E-state index contributed by atoms with van der Waals surface area (Å²) in [7, 11) is 0. The lowest BCUT2D eigenvalue weighted by Gasteiger charge is -2.49. The van der Waals surface area contributed by atoms with Gasteiger partial charge in [0.15, 0.2) is 0 Å². The molecule has 3 atom stereocenters. The Morgan fingerprint density at radius 2 is 1.42 bits per heavy atom. The fourth-order valence-electron chi connectivity index (χ4n) is 5.07. The molecule has 2 aromatic carbocycles. The summed E-state index contributed by atoms with van der Waals surface area (Å²) in [5.74, 6) is -6.51. The number of likely N-dealkylation sites (tertiary alicyclic amines) is 1. The van der Waals surface area contributed by atoms with Crippen LogP contribution < -0.4 is 0 Å². The van der Waals surface area contributed by atoms with E-state index in [1.165, 1.54) is 12.1 Å². The molecule has 1 saturated heterocycles. The smallest absolute Gasteiger partial charge is 0.416 e. The highest BCUT2D eigenvalue weighted by Gasteiger charge is 2.52. The monoisotopic (exact) mass is 551 g/mol. The van der Waals surface area contributed by atoms with Crippen LogP contribution in [0.3, 0.4) is 0 Å². The van der Waals surface area contributed by atoms with E-state index in [1.807, 2.05) is 13.8 Å². The van der Waals surface area contributed by atoms with Crippen molar-refractivity contribution in [1.29, 1.82) is 0 Å². The van der Waals surface area contributed by atoms with Crippen LogP contribution in [0.4, 0.5) is 35.1 Å². The Morgan fingerprint density at radius 1 is 0.921 bits per heavy atom. The normalized spacial score (nSPS) is 21.4. The number of hydrogen-bond acceptors (Lipinski definition) is 2. The third-order valence-electron chi connectivity index (χ3n) is 7.00. The zero-order valence-corrected chi connectivity index (χ0v) is 20.8. The van der Waals surface area contributed by atoms with E-state index in [-0.39, 0.29) is 18.0 Å². The van der Waals surface area contributed by atoms with Gasteiger partial charge in [-0.3, -0.25) is 9.69 Å². The molecule has 11 heteroatoms. The fraction of sp³-hybridized carbons (Fsp3) is 0.519. The number of benzene rings is 2. The van der Waals surface area contributed by atoms with Crippen molar-refractivity contribution in [2.24, 2.45) is 11.8 Å². The molecule has 1 fully saturated rings. The molecule has 3 nitrogen and oxygen atoms in total. The highest BCUT2D eigenvalue weighted by atomic mass is 19.4. The van der Waals surface area contributed by atoms with Crippen LogP contribution in [0.2, 0.25) is 0 Å². The number of carboxylic acids is 1. The summed E-state index contributed by atoms with van der Waals surface area (Å²) in [4.78, 5) is 13.2. The number of alkyl halides is 8. The first-order valence-electron chi connectivity index (χ1n) is 12.2. The predicted molar refractivity (Wildman–Crippen MR) is 124 cm³/mol. The minimum Gasteiger partial charge on any atom is -0.481 e. The summed E-state index contributed by atoms with van der Waals surface area (Å²) in [6, 6.07) is 6.07. The number of aliphatic carboxylic acids is 1. The molecule has 1 N–H and O–H groups in total. The van der Waals surface area contributed by atoms with Gasteiger partial charge in [-0.2, -0.15) is 26.3 Å². The Morgan fingerprint density at radius 3 is 1.87 bits per heavy atom. The molecule has 210 valence electrons. The molecule has 1 heterocycles. The number of carboxylic acid groups (broad SMARTS) is 1. The van der Waals surface area contributed by atoms with E-state index in [2.05, 4.69) is 0 Å². The number of hydrogen-bond donors (Lipinski definition) is 1. The SMILES string of the molecule is CC(C)CC[C@H](c1ccc(C(F)(F)F)cc1)N1CCC(F)(F)[C@H](CC(=O)O)[C@H]1c1ccc(C(F)(F)F)cc1. The van der Waals surface area contributed by atoms with Gasteiger partial charge in [0.05, 0.1) is 23.5 Å². The molecule has 0 saturated carbocycles. The van der Waals surface area contributed by atoms with E-state index >= 15 is 8.78 Å². The van der Waals surface area contributed by atoms with Gasteiger partial charge in [-0.15, -0.1) is 0 Å². The third-order valence-corrected chi connectivity index (χ3v) is 7.00. The first-order chi connectivity index (χ1) is 17.5. The molecule has 0 unspecified atom stereocenters. The molecule has 0 spiro atoms. The Kier molecular flexibility index (Phi) is 8.80. The van der Waals surface area contributed by atoms with E-state index in [0.29, 0.717) is 18.4 Å². The van der Waals surface area contributed by atoms with Gasteiger partial charge in [0.25, 0.3) is 5.92 Å². The molecule has 0 bridgehead atoms. The van der Waals surface area contributed by atoms with E-state index in [1.54, 1.807) is 4.90 Å². The van der Waals surface area contributed by atoms with E-state index in [4.69, 9.17) is 0 Å². The van der Waals surface area contributed by atoms with Crippen LogP contribution in [0.25, 0.3) is 0 Å². The summed E-state index contributed by atoms with van der Waals surface area (Å²) in [6.07, 6.45) is -9.91. The van der Waals surface area contributed by atoms with Crippen molar-refractivity contribution in [3.05, 3.63) is 70.8 Å². The lowest BCUT2D eigenvalue weighted by Crippen LogP contribution is -2.51. The van der Waals surface area contributed by atoms with Gasteiger partial charge in [-0.1, -0.05) is 38.1 Å². The van der Waals surface area contributed by atoms with E-state index in [9.17, 15) is 36.2 Å². The molecule has 0 aromatic heterocycles. The summed E-state index contributed by atoms with van der Waals surface area (Å²) in [6.45, 7) is 3.63. The van der Waals surface area contributed by atoms with Gasteiger partial charge >= 0.3 is 18.3 Å². The van der Waals surface area contributed by atoms with Gasteiger partial charge in [-0.25, -0.2) is 8.78 Å². The van der Waals surface area contributed by atoms with Gasteiger partial charge in [0, 0.05) is 25.0 Å². The lowest BCUT2D eigenvalue weighted by molar-refractivity contribution is -0.163. The molecule has 38 heavy (non-hydrogen) atoms. The number of nitrogens with zero attached hydrogens (tertiary/aromatic N) is 1. The maximum atomic E-state index is 15.2. The molecule has 0 aliphatic carbocycles. The number of carbonyl (C=O) groups is 1. The molecule has 1 aliphatic heterocycles. The van der Waals surface area contributed by atoms with Crippen LogP contribution in [-0.2, 0) is 17.1 Å². The fourth-order valence-corrected chi connectivity index (χ4v) is 5.07. The molecule has 3 rings (SSSR count). The summed E-state index contributed by atoms with van der Waals surface area (Å²) >= 11 is 0. The molecule has 0 radical (unpaired) electrons. The predicted octanol–water partition coefficient (Wildman–Crippen LogP) is 8.37. The summed E-state index contributed by atoms with van der Waals surface area (Å²) in [5, 5.41) is 9.43. The zero-order chi connectivity index (χ0) is 28.5. The van der Waals surface area contributed by atoms with Crippen LogP contribution in [0, 0.1) is 11.8 Å². The number of rotatable bonds is 8. The average molecular weight is 552 g/mol. The second-order valence-corrected chi connectivity index (χ2v) is 10.1. The van der Waals surface area contributed by atoms with Gasteiger partial charge in [-0.05, 0) is 54.2 Å². The maximum Gasteiger partial charge on any atom is 0.416 e. The average Bonchev–Trinajstić information content (AvgIpc) is 2.80. The van der Waals surface area contributed by atoms with Crippen LogP contribution in [-0.4, -0.2) is 28.4 Å². The standard InChI is InChI=1S/C27H29F8NO2/c1-16(2)3-12-22(17-4-8-19(9-5-17)26(30,31)32)36-14-13-25(28,29)21(15-23(37)38)24(36)18-6-10-20(11-7-18)27(33,34)35/h4-11,16,21-22,24H,3,12-15H2,1-2H3,(H,37,38)/t21-,22-,24-/m1/s1. The van der Waals surface area contributed by atoms with Crippen molar-refractivity contribution in [3.63, 3.8) is 0 Å². The molecule has 2 aromatic rings. The van der Waals surface area contributed by atoms with Gasteiger partial charge in [0.1, 0.15) is 0 Å². The Bertz CT molecular complexity index is 1080. The quantitative estimate of drug-likeness (QED) is 0.335. The third kappa shape index (κ3) is 7.03. The summed E-state index contributed by atoms with van der Waals surface area (Å²) in [5.41, 5.74) is -1.35. The zero-order valence-electron chi connectivity index (χ0n) is 20.8. The van der Waals surface area contributed by atoms with Crippen molar-refractivity contribution < 1.29 is 45.0 Å². The first kappa shape index (κ1) is 29.9. The Balaban J connectivity index is 2.13. The second kappa shape index (κ2) is 11.2. The topological polar surface area (TPSA) is 40.5 Å². The number of halogens is 8. The highest BCUT2D eigenvalue weighted by molar-refractivity contribution is 5.67. The number of piperidine rings is 1. The lowest BCUT2D eigenvalue weighted by atomic mass is 9.77. The molecule has 1 aliphatic rings. The van der Waals surface area contributed by atoms with Crippen LogP contribution in [0.5, 0.6) is 0 Å². The molecular weight excluding hydrogens is 522 g/mol. The van der Waals surface area contributed by atoms with Crippen LogP contribution in [0.15, 0.2) is 48.5 Å². The van der Waals surface area contributed by atoms with Gasteiger partial charge in [0.2, 0.25) is 0 Å². The first-order valence-corrected chi connectivity index (χ1v) is 12.2.